The van der Waals surface area contributed by atoms with Gasteiger partial charge in [0, 0.05) is 36.9 Å². The third kappa shape index (κ3) is 4.62. The zero-order valence-electron chi connectivity index (χ0n) is 21.5. The van der Waals surface area contributed by atoms with Crippen molar-refractivity contribution in [3.63, 3.8) is 0 Å². The summed E-state index contributed by atoms with van der Waals surface area (Å²) in [5.74, 6) is 1.18. The molecule has 174 valence electrons. The Kier molecular flexibility index (Phi) is 7.00. The molecule has 0 amide bonds. The zero-order valence-corrected chi connectivity index (χ0v) is 21.5. The van der Waals surface area contributed by atoms with Gasteiger partial charge in [0.15, 0.2) is 0 Å². The van der Waals surface area contributed by atoms with Crippen molar-refractivity contribution in [3.05, 3.63) is 64.2 Å². The number of aryl methyl sites for hydroxylation is 1. The molecular formula is C30H44N2. The number of fused-ring (bicyclic) bond motifs is 2. The van der Waals surface area contributed by atoms with Gasteiger partial charge in [0.1, 0.15) is 0 Å². The van der Waals surface area contributed by atoms with E-state index in [1.165, 1.54) is 43.5 Å². The molecule has 0 aliphatic carbocycles. The van der Waals surface area contributed by atoms with Crippen molar-refractivity contribution < 1.29 is 0 Å². The molecule has 2 aliphatic rings. The summed E-state index contributed by atoms with van der Waals surface area (Å²) in [6.07, 6.45) is 4.94. The van der Waals surface area contributed by atoms with E-state index in [4.69, 9.17) is 0 Å². The fraction of sp³-hybridized carbons (Fsp3) is 0.600. The molecule has 2 nitrogen and oxygen atoms in total. The average molecular weight is 433 g/mol. The summed E-state index contributed by atoms with van der Waals surface area (Å²) in [6.45, 7) is 18.8. The molecular weight excluding hydrogens is 388 g/mol. The van der Waals surface area contributed by atoms with Crippen LogP contribution in [-0.2, 0) is 19.4 Å². The van der Waals surface area contributed by atoms with E-state index in [1.54, 1.807) is 22.3 Å². The van der Waals surface area contributed by atoms with Gasteiger partial charge < -0.3 is 4.90 Å². The highest BCUT2D eigenvalue weighted by molar-refractivity contribution is 5.59. The molecule has 2 aromatic carbocycles. The van der Waals surface area contributed by atoms with Gasteiger partial charge in [0.2, 0.25) is 0 Å². The highest BCUT2D eigenvalue weighted by Gasteiger charge is 2.32. The van der Waals surface area contributed by atoms with E-state index in [-0.39, 0.29) is 0 Å². The fourth-order valence-electron chi connectivity index (χ4n) is 6.07. The normalized spacial score (nSPS) is 20.1. The lowest BCUT2D eigenvalue weighted by molar-refractivity contribution is 0.170. The Bertz CT molecular complexity index is 926. The van der Waals surface area contributed by atoms with Crippen LogP contribution in [0.5, 0.6) is 0 Å². The molecule has 2 unspecified atom stereocenters. The largest absolute Gasteiger partial charge is 0.366 e. The van der Waals surface area contributed by atoms with E-state index in [0.29, 0.717) is 30.0 Å². The number of hydrogen-bond donors (Lipinski definition) is 0. The van der Waals surface area contributed by atoms with Crippen molar-refractivity contribution >= 4 is 5.69 Å². The van der Waals surface area contributed by atoms with E-state index in [9.17, 15) is 0 Å². The smallest absolute Gasteiger partial charge is 0.0406 e. The lowest BCUT2D eigenvalue weighted by Gasteiger charge is -2.45. The van der Waals surface area contributed by atoms with Crippen LogP contribution < -0.4 is 4.90 Å². The molecule has 4 rings (SSSR count). The second-order valence-electron chi connectivity index (χ2n) is 11.2. The monoisotopic (exact) mass is 432 g/mol. The summed E-state index contributed by atoms with van der Waals surface area (Å²) in [6, 6.07) is 16.0. The summed E-state index contributed by atoms with van der Waals surface area (Å²) in [5, 5.41) is 0. The summed E-state index contributed by atoms with van der Waals surface area (Å²) in [4.78, 5) is 5.51. The van der Waals surface area contributed by atoms with E-state index in [2.05, 4.69) is 94.7 Å². The molecule has 2 heteroatoms. The molecule has 0 fully saturated rings. The maximum absolute atomic E-state index is 2.76. The number of hydrogen-bond acceptors (Lipinski definition) is 2. The summed E-state index contributed by atoms with van der Waals surface area (Å²) in [7, 11) is 0. The van der Waals surface area contributed by atoms with Gasteiger partial charge >= 0.3 is 0 Å². The SMILES string of the molecule is CC(C)c1ccc2c(c1)N(C(C)C)C(CC(C)N1CCc3cccc(C(C)C)c3C1)CC2. The Hall–Kier alpha value is -1.80. The molecule has 0 radical (unpaired) electrons. The van der Waals surface area contributed by atoms with Crippen molar-refractivity contribution in [3.8, 4) is 0 Å². The topological polar surface area (TPSA) is 6.48 Å². The van der Waals surface area contributed by atoms with E-state index < -0.39 is 0 Å². The van der Waals surface area contributed by atoms with Gasteiger partial charge in [-0.15, -0.1) is 0 Å². The second kappa shape index (κ2) is 9.59. The molecule has 2 atom stereocenters. The lowest BCUT2D eigenvalue weighted by Crippen LogP contribution is -2.48. The highest BCUT2D eigenvalue weighted by atomic mass is 15.2. The molecule has 2 aliphatic heterocycles. The van der Waals surface area contributed by atoms with E-state index >= 15 is 0 Å². The van der Waals surface area contributed by atoms with Crippen LogP contribution in [0.2, 0.25) is 0 Å². The Morgan fingerprint density at radius 3 is 2.34 bits per heavy atom. The van der Waals surface area contributed by atoms with Crippen LogP contribution in [0.25, 0.3) is 0 Å². The lowest BCUT2D eigenvalue weighted by atomic mass is 9.87. The number of nitrogens with zero attached hydrogens (tertiary/aromatic N) is 2. The van der Waals surface area contributed by atoms with Crippen LogP contribution >= 0.6 is 0 Å². The predicted molar refractivity (Wildman–Crippen MR) is 139 cm³/mol. The summed E-state index contributed by atoms with van der Waals surface area (Å²) >= 11 is 0. The number of rotatable bonds is 6. The van der Waals surface area contributed by atoms with Crippen molar-refractivity contribution in [2.24, 2.45) is 0 Å². The van der Waals surface area contributed by atoms with Gasteiger partial charge in [-0.25, -0.2) is 0 Å². The third-order valence-electron chi connectivity index (χ3n) is 7.95. The minimum absolute atomic E-state index is 0.531. The van der Waals surface area contributed by atoms with Gasteiger partial charge in [-0.1, -0.05) is 58.0 Å². The van der Waals surface area contributed by atoms with Crippen LogP contribution in [0.4, 0.5) is 5.69 Å². The van der Waals surface area contributed by atoms with E-state index in [0.717, 1.165) is 6.54 Å². The molecule has 0 saturated heterocycles. The maximum atomic E-state index is 2.76. The molecule has 0 saturated carbocycles. The van der Waals surface area contributed by atoms with Crippen LogP contribution in [0.15, 0.2) is 36.4 Å². The molecule has 0 bridgehead atoms. The van der Waals surface area contributed by atoms with Crippen molar-refractivity contribution in [1.82, 2.24) is 4.90 Å². The predicted octanol–water partition coefficient (Wildman–Crippen LogP) is 7.30. The van der Waals surface area contributed by atoms with Gasteiger partial charge in [-0.05, 0) is 92.2 Å². The van der Waals surface area contributed by atoms with Crippen LogP contribution in [0, 0.1) is 0 Å². The van der Waals surface area contributed by atoms with Crippen molar-refractivity contribution in [1.29, 1.82) is 0 Å². The second-order valence-corrected chi connectivity index (χ2v) is 11.2. The standard InChI is InChI=1S/C30H44N2/c1-20(2)26-12-11-25-13-14-27(32(22(5)6)30(25)18-26)17-23(7)31-16-15-24-9-8-10-28(21(3)4)29(24)19-31/h8-12,18,20-23,27H,13-17,19H2,1-7H3. The summed E-state index contributed by atoms with van der Waals surface area (Å²) < 4.78 is 0. The first-order valence-electron chi connectivity index (χ1n) is 13.0. The first-order chi connectivity index (χ1) is 15.3. The Morgan fingerprint density at radius 1 is 0.875 bits per heavy atom. The van der Waals surface area contributed by atoms with Crippen LogP contribution in [0.3, 0.4) is 0 Å². The number of benzene rings is 2. The minimum Gasteiger partial charge on any atom is -0.366 e. The van der Waals surface area contributed by atoms with Gasteiger partial charge in [0.25, 0.3) is 0 Å². The molecule has 0 aromatic heterocycles. The van der Waals surface area contributed by atoms with Crippen LogP contribution in [-0.4, -0.2) is 29.6 Å². The Balaban J connectivity index is 1.53. The van der Waals surface area contributed by atoms with Crippen molar-refractivity contribution in [2.75, 3.05) is 11.4 Å². The quantitative estimate of drug-likeness (QED) is 0.472. The van der Waals surface area contributed by atoms with E-state index in [1.807, 2.05) is 0 Å². The Morgan fingerprint density at radius 2 is 1.66 bits per heavy atom. The molecule has 2 aromatic rings. The zero-order chi connectivity index (χ0) is 23.0. The Labute approximate surface area is 197 Å². The van der Waals surface area contributed by atoms with Gasteiger partial charge in [-0.2, -0.15) is 0 Å². The average Bonchev–Trinajstić information content (AvgIpc) is 2.77. The highest BCUT2D eigenvalue weighted by Crippen LogP contribution is 2.37. The maximum Gasteiger partial charge on any atom is 0.0406 e. The third-order valence-corrected chi connectivity index (χ3v) is 7.95. The van der Waals surface area contributed by atoms with Gasteiger partial charge in [-0.3, -0.25) is 4.90 Å². The molecule has 2 heterocycles. The van der Waals surface area contributed by atoms with Crippen molar-refractivity contribution in [2.45, 2.75) is 111 Å². The number of anilines is 1. The molecule has 0 spiro atoms. The van der Waals surface area contributed by atoms with Crippen LogP contribution in [0.1, 0.15) is 101 Å². The van der Waals surface area contributed by atoms with Gasteiger partial charge in [0.05, 0.1) is 0 Å². The minimum atomic E-state index is 0.531. The molecule has 0 N–H and O–H groups in total. The first kappa shape index (κ1) is 23.4. The fourth-order valence-corrected chi connectivity index (χ4v) is 6.07. The first-order valence-corrected chi connectivity index (χ1v) is 13.0. The molecule has 32 heavy (non-hydrogen) atoms. The summed E-state index contributed by atoms with van der Waals surface area (Å²) in [5.41, 5.74) is 9.25.